The molecular weight excluding hydrogens is 501 g/mol. The summed E-state index contributed by atoms with van der Waals surface area (Å²) in [4.78, 5) is 32.7. The van der Waals surface area contributed by atoms with E-state index in [1.807, 2.05) is 24.3 Å². The molecule has 6 nitrogen and oxygen atoms in total. The topological polar surface area (TPSA) is 78.2 Å². The van der Waals surface area contributed by atoms with Crippen LogP contribution in [0.15, 0.2) is 57.8 Å². The van der Waals surface area contributed by atoms with Crippen LogP contribution in [-0.4, -0.2) is 27.9 Å². The molecule has 162 valence electrons. The monoisotopic (exact) mass is 515 g/mol. The maximum atomic E-state index is 14.2. The van der Waals surface area contributed by atoms with Crippen molar-refractivity contribution in [2.24, 2.45) is 0 Å². The molecule has 3 aromatic carbocycles. The summed E-state index contributed by atoms with van der Waals surface area (Å²) in [5.74, 6) is -0.0477. The first-order valence-electron chi connectivity index (χ1n) is 9.70. The number of hydrogen-bond donors (Lipinski definition) is 2. The molecule has 0 fully saturated rings. The van der Waals surface area contributed by atoms with Crippen LogP contribution in [0, 0.1) is 5.82 Å². The lowest BCUT2D eigenvalue weighted by Gasteiger charge is -2.27. The van der Waals surface area contributed by atoms with Crippen molar-refractivity contribution in [1.82, 2.24) is 14.9 Å². The van der Waals surface area contributed by atoms with Gasteiger partial charge in [-0.3, -0.25) is 4.79 Å². The molecule has 1 aliphatic heterocycles. The molecule has 0 bridgehead atoms. The molecule has 0 radical (unpaired) electrons. The number of nitrogens with one attached hydrogen (secondary N) is 2. The lowest BCUT2D eigenvalue weighted by Crippen LogP contribution is -2.28. The molecule has 32 heavy (non-hydrogen) atoms. The minimum Gasteiger partial charge on any atom is -0.497 e. The Bertz CT molecular complexity index is 1430. The van der Waals surface area contributed by atoms with Gasteiger partial charge < -0.3 is 19.6 Å². The van der Waals surface area contributed by atoms with Gasteiger partial charge in [0.1, 0.15) is 11.6 Å². The molecule has 2 N–H and O–H groups in total. The van der Waals surface area contributed by atoms with Gasteiger partial charge in [-0.15, -0.1) is 0 Å². The Morgan fingerprint density at radius 3 is 2.59 bits per heavy atom. The predicted molar refractivity (Wildman–Crippen MR) is 123 cm³/mol. The number of fused-ring (bicyclic) bond motifs is 3. The van der Waals surface area contributed by atoms with E-state index in [9.17, 15) is 14.0 Å². The number of benzene rings is 3. The van der Waals surface area contributed by atoms with Crippen LogP contribution in [0.3, 0.4) is 0 Å². The first-order chi connectivity index (χ1) is 15.4. The second kappa shape index (κ2) is 7.79. The smallest absolute Gasteiger partial charge is 0.323 e. The highest BCUT2D eigenvalue weighted by Crippen LogP contribution is 2.47. The number of nitrogens with zero attached hydrogens (tertiary/aromatic N) is 1. The van der Waals surface area contributed by atoms with Gasteiger partial charge in [-0.2, -0.15) is 0 Å². The van der Waals surface area contributed by atoms with E-state index in [4.69, 9.17) is 16.3 Å². The summed E-state index contributed by atoms with van der Waals surface area (Å²) in [7, 11) is 1.58. The summed E-state index contributed by atoms with van der Waals surface area (Å²) >= 11 is 10.0. The van der Waals surface area contributed by atoms with Crippen molar-refractivity contribution in [3.05, 3.63) is 96.6 Å². The third-order valence-corrected chi connectivity index (χ3v) is 6.63. The van der Waals surface area contributed by atoms with Crippen LogP contribution < -0.4 is 10.4 Å². The summed E-state index contributed by atoms with van der Waals surface area (Å²) < 4.78 is 20.1. The normalized spacial score (nSPS) is 15.4. The van der Waals surface area contributed by atoms with Gasteiger partial charge in [0.2, 0.25) is 0 Å². The van der Waals surface area contributed by atoms with Gasteiger partial charge in [0.05, 0.1) is 29.7 Å². The fraction of sp³-hybridized carbons (Fsp3) is 0.130. The van der Waals surface area contributed by atoms with Gasteiger partial charge in [-0.1, -0.05) is 39.7 Å². The highest BCUT2D eigenvalue weighted by atomic mass is 79.9. The van der Waals surface area contributed by atoms with Gasteiger partial charge in [0.15, 0.2) is 0 Å². The Balaban J connectivity index is 1.73. The Hall–Kier alpha value is -3.10. The molecule has 9 heteroatoms. The molecule has 1 aromatic heterocycles. The van der Waals surface area contributed by atoms with Crippen LogP contribution in [0.5, 0.6) is 5.75 Å². The predicted octanol–water partition coefficient (Wildman–Crippen LogP) is 5.17. The van der Waals surface area contributed by atoms with E-state index in [1.165, 1.54) is 18.2 Å². The lowest BCUT2D eigenvalue weighted by molar-refractivity contribution is 0.0737. The van der Waals surface area contributed by atoms with Crippen molar-refractivity contribution in [3.63, 3.8) is 0 Å². The third-order valence-electron chi connectivity index (χ3n) is 5.63. The van der Waals surface area contributed by atoms with Crippen LogP contribution >= 0.6 is 27.5 Å². The van der Waals surface area contributed by atoms with Crippen molar-refractivity contribution < 1.29 is 13.9 Å². The zero-order chi connectivity index (χ0) is 22.6. The van der Waals surface area contributed by atoms with E-state index in [0.717, 1.165) is 5.56 Å². The first kappa shape index (κ1) is 20.8. The Morgan fingerprint density at radius 1 is 1.12 bits per heavy atom. The molecular formula is C23H16BrClFN3O3. The number of imidazole rings is 1. The average Bonchev–Trinajstić information content (AvgIpc) is 3.28. The third kappa shape index (κ3) is 3.30. The van der Waals surface area contributed by atoms with E-state index in [1.54, 1.807) is 18.1 Å². The van der Waals surface area contributed by atoms with Crippen molar-refractivity contribution in [2.75, 3.05) is 7.11 Å². The number of carbonyl (C=O) groups excluding carboxylic acids is 1. The molecule has 1 aliphatic rings. The number of hydrogen-bond acceptors (Lipinski definition) is 3. The summed E-state index contributed by atoms with van der Waals surface area (Å²) in [6, 6.07) is 12.5. The summed E-state index contributed by atoms with van der Waals surface area (Å²) in [5.41, 5.74) is 2.80. The summed E-state index contributed by atoms with van der Waals surface area (Å²) in [5, 5.41) is 0.339. The van der Waals surface area contributed by atoms with Gasteiger partial charge in [-0.05, 0) is 42.0 Å². The number of rotatable bonds is 4. The number of halogens is 3. The maximum Gasteiger partial charge on any atom is 0.323 e. The number of aromatic nitrogens is 2. The zero-order valence-electron chi connectivity index (χ0n) is 16.7. The number of ether oxygens (including phenoxy) is 1. The van der Waals surface area contributed by atoms with Crippen LogP contribution in [-0.2, 0) is 6.54 Å². The highest BCUT2D eigenvalue weighted by molar-refractivity contribution is 9.10. The second-order valence-electron chi connectivity index (χ2n) is 7.50. The largest absolute Gasteiger partial charge is 0.497 e. The zero-order valence-corrected chi connectivity index (χ0v) is 19.1. The van der Waals surface area contributed by atoms with Gasteiger partial charge in [0.25, 0.3) is 5.91 Å². The molecule has 0 saturated carbocycles. The second-order valence-corrected chi connectivity index (χ2v) is 8.76. The van der Waals surface area contributed by atoms with Crippen molar-refractivity contribution >= 4 is 44.5 Å². The molecule has 4 aromatic rings. The molecule has 1 amide bonds. The first-order valence-corrected chi connectivity index (χ1v) is 10.9. The number of carbonyl (C=O) groups is 1. The van der Waals surface area contributed by atoms with E-state index in [-0.39, 0.29) is 12.5 Å². The van der Waals surface area contributed by atoms with Crippen LogP contribution in [0.1, 0.15) is 33.1 Å². The highest BCUT2D eigenvalue weighted by Gasteiger charge is 2.42. The van der Waals surface area contributed by atoms with Gasteiger partial charge in [0, 0.05) is 27.2 Å². The molecule has 0 spiro atoms. The van der Waals surface area contributed by atoms with Crippen LogP contribution in [0.2, 0.25) is 5.02 Å². The SMILES string of the molecule is COc1ccc(CN2C(=O)c3c(c(Br)cc4[nH]c(=O)[nH]c34)C2c2cc(F)ccc2Cl)cc1. The number of aromatic amines is 2. The molecule has 1 unspecified atom stereocenters. The fourth-order valence-corrected chi connectivity index (χ4v) is 5.07. The molecule has 5 rings (SSSR count). The fourth-order valence-electron chi connectivity index (χ4n) is 4.21. The average molecular weight is 517 g/mol. The van der Waals surface area contributed by atoms with Gasteiger partial charge >= 0.3 is 5.69 Å². The van der Waals surface area contributed by atoms with Gasteiger partial charge in [-0.25, -0.2) is 9.18 Å². The molecule has 0 saturated heterocycles. The van der Waals surface area contributed by atoms with E-state index < -0.39 is 17.5 Å². The minimum atomic E-state index is -0.653. The number of methoxy groups -OCH3 is 1. The minimum absolute atomic E-state index is 0.248. The Kier molecular flexibility index (Phi) is 5.06. The van der Waals surface area contributed by atoms with Crippen molar-refractivity contribution in [2.45, 2.75) is 12.6 Å². The maximum absolute atomic E-state index is 14.2. The Morgan fingerprint density at radius 2 is 1.88 bits per heavy atom. The van der Waals surface area contributed by atoms with Crippen LogP contribution in [0.25, 0.3) is 11.0 Å². The summed E-state index contributed by atoms with van der Waals surface area (Å²) in [6.07, 6.45) is 0. The lowest BCUT2D eigenvalue weighted by atomic mass is 9.96. The van der Waals surface area contributed by atoms with Crippen molar-refractivity contribution in [1.29, 1.82) is 0 Å². The molecule has 0 aliphatic carbocycles. The quantitative estimate of drug-likeness (QED) is 0.393. The molecule has 2 heterocycles. The number of H-pyrrole nitrogens is 2. The van der Waals surface area contributed by atoms with Crippen LogP contribution in [0.4, 0.5) is 4.39 Å². The van der Waals surface area contributed by atoms with Crippen molar-refractivity contribution in [3.8, 4) is 5.75 Å². The number of amides is 1. The van der Waals surface area contributed by atoms with E-state index in [0.29, 0.717) is 43.0 Å². The summed E-state index contributed by atoms with van der Waals surface area (Å²) in [6.45, 7) is 0.248. The van der Waals surface area contributed by atoms with E-state index in [2.05, 4.69) is 25.9 Å². The Labute approximate surface area is 195 Å². The molecule has 1 atom stereocenters. The standard InChI is InChI=1S/C23H16BrClFN3O3/c1-32-13-5-2-11(3-6-13)10-29-21(14-8-12(26)4-7-16(14)25)18-15(24)9-17-20(19(18)22(29)30)28-23(31)27-17/h2-9,21H,10H2,1H3,(H2,27,28,31). The van der Waals surface area contributed by atoms with E-state index >= 15 is 0 Å².